The summed E-state index contributed by atoms with van der Waals surface area (Å²) in [6.07, 6.45) is 0. The van der Waals surface area contributed by atoms with E-state index >= 15 is 0 Å². The van der Waals surface area contributed by atoms with E-state index in [1.54, 1.807) is 0 Å². The molecule has 0 saturated carbocycles. The van der Waals surface area contributed by atoms with Crippen LogP contribution in [0.5, 0.6) is 0 Å². The Balaban J connectivity index is 4.23. The fourth-order valence-electron chi connectivity index (χ4n) is 0. The van der Waals surface area contributed by atoms with E-state index in [0.717, 1.165) is 0 Å². The zero-order valence-corrected chi connectivity index (χ0v) is 3.36. The molecule has 0 heterocycles. The Labute approximate surface area is 38.9 Å². The molecular formula is C4H6O2. The molecule has 34 valence electrons. The highest BCUT2D eigenvalue weighted by Gasteiger charge is 1.90. The fraction of sp³-hybridized carbons (Fsp3) is 0.250. The molecule has 0 saturated heterocycles. The van der Waals surface area contributed by atoms with Crippen molar-refractivity contribution in [1.82, 2.24) is 0 Å². The van der Waals surface area contributed by atoms with Crippen LogP contribution >= 0.6 is 0 Å². The molecule has 1 N–H and O–H groups in total. The van der Waals surface area contributed by atoms with E-state index in [1.165, 1.54) is 6.92 Å². The normalized spacial score (nSPS) is 11.5. The maximum atomic E-state index is 9.84. The number of rotatable bonds is 1. The second-order valence-electron chi connectivity index (χ2n) is 0.930. The first-order chi connectivity index (χ1) is 3.55. The number of hydrogen-bond donors (Lipinski definition) is 1. The van der Waals surface area contributed by atoms with E-state index in [9.17, 15) is 4.79 Å². The molecule has 6 heavy (non-hydrogen) atoms. The number of carboxylic acid groups (broad SMARTS) is 1. The van der Waals surface area contributed by atoms with Crippen molar-refractivity contribution in [2.45, 2.75) is 6.92 Å². The summed E-state index contributed by atoms with van der Waals surface area (Å²) in [5.41, 5.74) is -0.231. The summed E-state index contributed by atoms with van der Waals surface area (Å²) in [4.78, 5) is 9.84. The molecule has 2 nitrogen and oxygen atoms in total. The van der Waals surface area contributed by atoms with Crippen molar-refractivity contribution in [1.29, 1.82) is 0 Å². The number of carbonyl (C=O) groups is 1. The van der Waals surface area contributed by atoms with Crippen LogP contribution in [0, 0.1) is 0 Å². The lowest BCUT2D eigenvalue weighted by Crippen LogP contribution is -1.92. The third-order valence-electron chi connectivity index (χ3n) is 0.321. The number of aliphatic carboxylic acids is 1. The van der Waals surface area contributed by atoms with Crippen molar-refractivity contribution in [3.63, 3.8) is 0 Å². The van der Waals surface area contributed by atoms with Crippen LogP contribution in [0.2, 0.25) is 0 Å². The molecule has 0 spiro atoms. The van der Waals surface area contributed by atoms with Crippen LogP contribution in [0.1, 0.15) is 9.67 Å². The van der Waals surface area contributed by atoms with Crippen molar-refractivity contribution in [2.24, 2.45) is 0 Å². The van der Waals surface area contributed by atoms with Crippen LogP contribution in [-0.4, -0.2) is 11.1 Å². The van der Waals surface area contributed by atoms with Crippen LogP contribution in [0.3, 0.4) is 0 Å². The lowest BCUT2D eigenvalue weighted by molar-refractivity contribution is -0.132. The van der Waals surface area contributed by atoms with Gasteiger partial charge in [0.2, 0.25) is 0 Å². The lowest BCUT2D eigenvalue weighted by atomic mass is 10.4. The predicted molar refractivity (Wildman–Crippen MR) is 22.4 cm³/mol. The van der Waals surface area contributed by atoms with E-state index in [4.69, 9.17) is 7.85 Å². The summed E-state index contributed by atoms with van der Waals surface area (Å²) in [7, 11) is 0. The Morgan fingerprint density at radius 1 is 2.17 bits per heavy atom. The average Bonchev–Trinajstić information content (AvgIpc) is 1.64. The standard InChI is InChI=1S/C4H6O2/c1-3(2)4(5)6/h1H2,2H3,(H,5,6)/i1D2. The molecule has 0 fully saturated rings. The van der Waals surface area contributed by atoms with Gasteiger partial charge in [0, 0.05) is 5.57 Å². The molecule has 0 atom stereocenters. The molecule has 0 radical (unpaired) electrons. The summed E-state index contributed by atoms with van der Waals surface area (Å²) in [5, 5.41) is 8.05. The minimum Gasteiger partial charge on any atom is -0.478 e. The molecule has 0 aliphatic rings. The summed E-state index contributed by atoms with van der Waals surface area (Å²) < 4.78 is 13.0. The average molecular weight is 88.1 g/mol. The van der Waals surface area contributed by atoms with E-state index in [2.05, 4.69) is 0 Å². The second kappa shape index (κ2) is 1.60. The van der Waals surface area contributed by atoms with Crippen LogP contribution in [0.4, 0.5) is 0 Å². The van der Waals surface area contributed by atoms with Crippen LogP contribution in [0.25, 0.3) is 0 Å². The van der Waals surface area contributed by atoms with Gasteiger partial charge in [0.1, 0.15) is 0 Å². The van der Waals surface area contributed by atoms with Crippen LogP contribution in [-0.2, 0) is 4.79 Å². The maximum absolute atomic E-state index is 9.84. The molecular weight excluding hydrogens is 80.0 g/mol. The monoisotopic (exact) mass is 88.0 g/mol. The van der Waals surface area contributed by atoms with Gasteiger partial charge in [0.05, 0.1) is 2.74 Å². The SMILES string of the molecule is [2H]C([2H])=C(C)C(=O)O. The lowest BCUT2D eigenvalue weighted by Gasteiger charge is -1.79. The molecule has 0 aliphatic carbocycles. The summed E-state index contributed by atoms with van der Waals surface area (Å²) in [6, 6.07) is 0. The van der Waals surface area contributed by atoms with Crippen LogP contribution in [0.15, 0.2) is 12.1 Å². The Kier molecular flexibility index (Phi) is 0.638. The van der Waals surface area contributed by atoms with Gasteiger partial charge in [-0.25, -0.2) is 4.79 Å². The zero-order valence-electron chi connectivity index (χ0n) is 5.36. The summed E-state index contributed by atoms with van der Waals surface area (Å²) in [6.45, 7) is 0.579. The minimum atomic E-state index is -1.20. The third kappa shape index (κ3) is 1.52. The van der Waals surface area contributed by atoms with Crippen molar-refractivity contribution in [3.8, 4) is 0 Å². The number of hydrogen-bond acceptors (Lipinski definition) is 1. The predicted octanol–water partition coefficient (Wildman–Crippen LogP) is 0.647. The molecule has 0 aliphatic heterocycles. The maximum Gasteiger partial charge on any atom is 0.330 e. The smallest absolute Gasteiger partial charge is 0.330 e. The first kappa shape index (κ1) is 2.39. The van der Waals surface area contributed by atoms with Gasteiger partial charge in [-0.1, -0.05) is 6.53 Å². The second-order valence-corrected chi connectivity index (χ2v) is 0.930. The Hall–Kier alpha value is -0.790. The fourth-order valence-corrected chi connectivity index (χ4v) is 0. The number of carboxylic acids is 1. The third-order valence-corrected chi connectivity index (χ3v) is 0.321. The van der Waals surface area contributed by atoms with Gasteiger partial charge >= 0.3 is 5.97 Å². The molecule has 0 aromatic carbocycles. The van der Waals surface area contributed by atoms with E-state index in [-0.39, 0.29) is 5.57 Å². The molecule has 0 rings (SSSR count). The van der Waals surface area contributed by atoms with E-state index in [1.807, 2.05) is 0 Å². The largest absolute Gasteiger partial charge is 0.478 e. The van der Waals surface area contributed by atoms with Crippen molar-refractivity contribution >= 4 is 5.97 Å². The highest BCUT2D eigenvalue weighted by atomic mass is 16.4. The molecule has 0 aromatic rings. The Bertz CT molecular complexity index is 135. The Morgan fingerprint density at radius 3 is 2.67 bits per heavy atom. The van der Waals surface area contributed by atoms with Crippen molar-refractivity contribution in [2.75, 3.05) is 0 Å². The van der Waals surface area contributed by atoms with Gasteiger partial charge in [-0.2, -0.15) is 0 Å². The van der Waals surface area contributed by atoms with E-state index < -0.39 is 12.5 Å². The molecule has 0 amide bonds. The summed E-state index contributed by atoms with van der Waals surface area (Å²) >= 11 is 0. The molecule has 0 unspecified atom stereocenters. The topological polar surface area (TPSA) is 37.3 Å². The van der Waals surface area contributed by atoms with Gasteiger partial charge in [-0.15, -0.1) is 0 Å². The van der Waals surface area contributed by atoms with Gasteiger partial charge in [-0.3, -0.25) is 0 Å². The molecule has 2 heteroatoms. The molecule has 0 bridgehead atoms. The van der Waals surface area contributed by atoms with E-state index in [0.29, 0.717) is 0 Å². The highest BCUT2D eigenvalue weighted by molar-refractivity contribution is 5.84. The molecule has 0 aromatic heterocycles. The van der Waals surface area contributed by atoms with Gasteiger partial charge in [-0.05, 0) is 6.92 Å². The first-order valence-electron chi connectivity index (χ1n) is 2.43. The zero-order chi connectivity index (χ0) is 6.73. The van der Waals surface area contributed by atoms with Crippen molar-refractivity contribution < 1.29 is 12.6 Å². The summed E-state index contributed by atoms with van der Waals surface area (Å²) in [5.74, 6) is -1.20. The van der Waals surface area contributed by atoms with Gasteiger partial charge in [0.15, 0.2) is 0 Å². The van der Waals surface area contributed by atoms with Gasteiger partial charge in [0.25, 0.3) is 0 Å². The first-order valence-corrected chi connectivity index (χ1v) is 1.43. The highest BCUT2D eigenvalue weighted by Crippen LogP contribution is 1.81. The van der Waals surface area contributed by atoms with Crippen LogP contribution < -0.4 is 0 Å². The Morgan fingerprint density at radius 2 is 2.67 bits per heavy atom. The minimum absolute atomic E-state index is 0.231. The van der Waals surface area contributed by atoms with Crippen molar-refractivity contribution in [3.05, 3.63) is 12.1 Å². The van der Waals surface area contributed by atoms with Gasteiger partial charge < -0.3 is 5.11 Å². The quantitative estimate of drug-likeness (QED) is 0.478.